The third kappa shape index (κ3) is 6.55. The van der Waals surface area contributed by atoms with Gasteiger partial charge < -0.3 is 0 Å². The Morgan fingerprint density at radius 1 is 0.773 bits per heavy atom. The normalized spacial score (nSPS) is 15.5. The fourth-order valence-electron chi connectivity index (χ4n) is 3.87. The Labute approximate surface area is 139 Å². The van der Waals surface area contributed by atoms with E-state index in [0.717, 1.165) is 17.8 Å². The molecule has 0 heterocycles. The van der Waals surface area contributed by atoms with Crippen molar-refractivity contribution in [1.82, 2.24) is 0 Å². The average molecular weight is 303 g/mol. The highest BCUT2D eigenvalue weighted by Crippen LogP contribution is 2.37. The summed E-state index contributed by atoms with van der Waals surface area (Å²) in [6.07, 6.45) is 12.3. The molecule has 0 N–H and O–H groups in total. The van der Waals surface area contributed by atoms with Crippen LogP contribution in [-0.2, 0) is 0 Å². The van der Waals surface area contributed by atoms with E-state index >= 15 is 0 Å². The molecule has 1 rings (SSSR count). The quantitative estimate of drug-likeness (QED) is 0.349. The molecule has 0 nitrogen and oxygen atoms in total. The summed E-state index contributed by atoms with van der Waals surface area (Å²) >= 11 is 0. The molecule has 22 heavy (non-hydrogen) atoms. The van der Waals surface area contributed by atoms with E-state index in [4.69, 9.17) is 0 Å². The maximum absolute atomic E-state index is 2.52. The molecule has 0 radical (unpaired) electrons. The largest absolute Gasteiger partial charge is 0.0654 e. The third-order valence-corrected chi connectivity index (χ3v) is 5.43. The zero-order chi connectivity index (χ0) is 16.2. The molecule has 126 valence electrons. The number of unbranched alkanes of at least 4 members (excludes halogenated alkanes) is 4. The molecule has 0 aliphatic rings. The number of rotatable bonds is 12. The Morgan fingerprint density at radius 2 is 1.36 bits per heavy atom. The Kier molecular flexibility index (Phi) is 10.3. The van der Waals surface area contributed by atoms with Gasteiger partial charge in [-0.2, -0.15) is 0 Å². The molecule has 1 aromatic carbocycles. The third-order valence-electron chi connectivity index (χ3n) is 5.43. The smallest absolute Gasteiger partial charge is 0.0134 e. The highest BCUT2D eigenvalue weighted by atomic mass is 14.3. The first-order valence-electron chi connectivity index (χ1n) is 9.79. The van der Waals surface area contributed by atoms with Gasteiger partial charge in [-0.25, -0.2) is 0 Å². The Hall–Kier alpha value is -0.780. The van der Waals surface area contributed by atoms with Crippen molar-refractivity contribution in [3.63, 3.8) is 0 Å². The summed E-state index contributed by atoms with van der Waals surface area (Å²) in [5.74, 6) is 2.44. The van der Waals surface area contributed by atoms with Gasteiger partial charge in [-0.15, -0.1) is 0 Å². The topological polar surface area (TPSA) is 0 Å². The second kappa shape index (κ2) is 11.7. The maximum atomic E-state index is 2.52. The lowest BCUT2D eigenvalue weighted by molar-refractivity contribution is 0.259. The summed E-state index contributed by atoms with van der Waals surface area (Å²) in [6.45, 7) is 9.52. The van der Waals surface area contributed by atoms with Crippen molar-refractivity contribution < 1.29 is 0 Å². The predicted octanol–water partition coefficient (Wildman–Crippen LogP) is 7.59. The molecular formula is C22H38. The van der Waals surface area contributed by atoms with Crippen LogP contribution in [0.3, 0.4) is 0 Å². The van der Waals surface area contributed by atoms with E-state index in [9.17, 15) is 0 Å². The van der Waals surface area contributed by atoms with Crippen LogP contribution in [0.15, 0.2) is 30.3 Å². The highest BCUT2D eigenvalue weighted by Gasteiger charge is 2.25. The zero-order valence-corrected chi connectivity index (χ0v) is 15.5. The fourth-order valence-corrected chi connectivity index (χ4v) is 3.87. The molecule has 0 saturated carbocycles. The predicted molar refractivity (Wildman–Crippen MR) is 100 cm³/mol. The average Bonchev–Trinajstić information content (AvgIpc) is 2.56. The van der Waals surface area contributed by atoms with Crippen LogP contribution < -0.4 is 0 Å². The van der Waals surface area contributed by atoms with Crippen LogP contribution >= 0.6 is 0 Å². The summed E-state index contributed by atoms with van der Waals surface area (Å²) in [4.78, 5) is 0. The van der Waals surface area contributed by atoms with E-state index in [-0.39, 0.29) is 0 Å². The first-order valence-corrected chi connectivity index (χ1v) is 9.79. The van der Waals surface area contributed by atoms with Crippen molar-refractivity contribution >= 4 is 0 Å². The van der Waals surface area contributed by atoms with E-state index < -0.39 is 0 Å². The van der Waals surface area contributed by atoms with Gasteiger partial charge in [-0.1, -0.05) is 109 Å². The van der Waals surface area contributed by atoms with E-state index in [1.165, 1.54) is 57.8 Å². The minimum Gasteiger partial charge on any atom is -0.0654 e. The Morgan fingerprint density at radius 3 is 1.91 bits per heavy atom. The highest BCUT2D eigenvalue weighted by molar-refractivity contribution is 5.20. The standard InChI is InChI=1S/C22H38/c1-5-8-11-15-20(7-3)19(4)22(18-12-9-6-2)21-16-13-10-14-17-21/h10,13-14,16-17,19-20,22H,5-9,11-12,15,18H2,1-4H3. The van der Waals surface area contributed by atoms with Gasteiger partial charge in [0.2, 0.25) is 0 Å². The lowest BCUT2D eigenvalue weighted by Gasteiger charge is -2.31. The molecule has 0 aliphatic carbocycles. The summed E-state index contributed by atoms with van der Waals surface area (Å²) in [6, 6.07) is 11.3. The summed E-state index contributed by atoms with van der Waals surface area (Å²) in [5, 5.41) is 0. The molecule has 0 bridgehead atoms. The summed E-state index contributed by atoms with van der Waals surface area (Å²) < 4.78 is 0. The van der Waals surface area contributed by atoms with Gasteiger partial charge in [0.05, 0.1) is 0 Å². The molecule has 3 atom stereocenters. The van der Waals surface area contributed by atoms with Crippen LogP contribution in [0.5, 0.6) is 0 Å². The number of hydrogen-bond acceptors (Lipinski definition) is 0. The maximum Gasteiger partial charge on any atom is -0.0134 e. The lowest BCUT2D eigenvalue weighted by atomic mass is 9.74. The van der Waals surface area contributed by atoms with Gasteiger partial charge in [-0.3, -0.25) is 0 Å². The zero-order valence-electron chi connectivity index (χ0n) is 15.5. The van der Waals surface area contributed by atoms with Gasteiger partial charge in [-0.05, 0) is 29.7 Å². The molecule has 0 aliphatic heterocycles. The van der Waals surface area contributed by atoms with Crippen molar-refractivity contribution in [2.24, 2.45) is 11.8 Å². The van der Waals surface area contributed by atoms with Gasteiger partial charge in [0.25, 0.3) is 0 Å². The van der Waals surface area contributed by atoms with Gasteiger partial charge >= 0.3 is 0 Å². The first-order chi connectivity index (χ1) is 10.7. The fraction of sp³-hybridized carbons (Fsp3) is 0.727. The minimum atomic E-state index is 0.749. The van der Waals surface area contributed by atoms with Gasteiger partial charge in [0, 0.05) is 0 Å². The molecule has 0 saturated heterocycles. The van der Waals surface area contributed by atoms with Crippen molar-refractivity contribution in [1.29, 1.82) is 0 Å². The van der Waals surface area contributed by atoms with Crippen LogP contribution in [0.2, 0.25) is 0 Å². The van der Waals surface area contributed by atoms with E-state index in [0.29, 0.717) is 0 Å². The second-order valence-electron chi connectivity index (χ2n) is 7.04. The molecule has 0 fully saturated rings. The van der Waals surface area contributed by atoms with E-state index in [1.807, 2.05) is 0 Å². The van der Waals surface area contributed by atoms with Crippen molar-refractivity contribution in [2.45, 2.75) is 91.4 Å². The van der Waals surface area contributed by atoms with Crippen molar-refractivity contribution in [3.8, 4) is 0 Å². The molecule has 0 amide bonds. The summed E-state index contributed by atoms with van der Waals surface area (Å²) in [7, 11) is 0. The first kappa shape index (κ1) is 19.3. The number of benzene rings is 1. The van der Waals surface area contributed by atoms with Gasteiger partial charge in [0.15, 0.2) is 0 Å². The lowest BCUT2D eigenvalue weighted by Crippen LogP contribution is -2.19. The van der Waals surface area contributed by atoms with E-state index in [1.54, 1.807) is 5.56 Å². The monoisotopic (exact) mass is 302 g/mol. The second-order valence-corrected chi connectivity index (χ2v) is 7.04. The van der Waals surface area contributed by atoms with Crippen molar-refractivity contribution in [2.75, 3.05) is 0 Å². The Bertz CT molecular complexity index is 354. The summed E-state index contributed by atoms with van der Waals surface area (Å²) in [5.41, 5.74) is 1.57. The van der Waals surface area contributed by atoms with Crippen LogP contribution in [0.25, 0.3) is 0 Å². The van der Waals surface area contributed by atoms with Crippen LogP contribution in [0.4, 0.5) is 0 Å². The molecule has 3 unspecified atom stereocenters. The molecular weight excluding hydrogens is 264 g/mol. The molecule has 0 heteroatoms. The van der Waals surface area contributed by atoms with Crippen LogP contribution in [0, 0.1) is 11.8 Å². The van der Waals surface area contributed by atoms with Crippen LogP contribution in [-0.4, -0.2) is 0 Å². The molecule has 0 spiro atoms. The minimum absolute atomic E-state index is 0.749. The van der Waals surface area contributed by atoms with Crippen LogP contribution in [0.1, 0.15) is 97.0 Å². The number of hydrogen-bond donors (Lipinski definition) is 0. The van der Waals surface area contributed by atoms with Crippen molar-refractivity contribution in [3.05, 3.63) is 35.9 Å². The molecule has 0 aromatic heterocycles. The van der Waals surface area contributed by atoms with E-state index in [2.05, 4.69) is 58.0 Å². The SMILES string of the molecule is CCCCCC(CC)C(C)C(CCCCC)c1ccccc1. The van der Waals surface area contributed by atoms with Gasteiger partial charge in [0.1, 0.15) is 0 Å². The Balaban J connectivity index is 2.74. The molecule has 1 aromatic rings.